The van der Waals surface area contributed by atoms with Gasteiger partial charge < -0.3 is 10.4 Å². The molecular formula is C18H20FNO2. The van der Waals surface area contributed by atoms with E-state index in [4.69, 9.17) is 5.11 Å². The molecule has 0 saturated heterocycles. The molecule has 0 aromatic heterocycles. The first-order valence-corrected chi connectivity index (χ1v) is 7.17. The van der Waals surface area contributed by atoms with Gasteiger partial charge >= 0.3 is 5.97 Å². The number of halogens is 1. The highest BCUT2D eigenvalue weighted by molar-refractivity contribution is 5.87. The monoisotopic (exact) mass is 301 g/mol. The first-order chi connectivity index (χ1) is 10.4. The van der Waals surface area contributed by atoms with Crippen LogP contribution in [0.25, 0.3) is 0 Å². The minimum Gasteiger partial charge on any atom is -0.478 e. The molecule has 0 aliphatic carbocycles. The van der Waals surface area contributed by atoms with Crippen LogP contribution >= 0.6 is 0 Å². The van der Waals surface area contributed by atoms with E-state index in [9.17, 15) is 9.18 Å². The molecular weight excluding hydrogens is 281 g/mol. The molecule has 3 nitrogen and oxygen atoms in total. The van der Waals surface area contributed by atoms with Crippen LogP contribution in [0.3, 0.4) is 0 Å². The molecule has 0 radical (unpaired) electrons. The number of carbonyl (C=O) groups is 1. The number of aromatic carboxylic acids is 1. The van der Waals surface area contributed by atoms with Crippen LogP contribution in [0.5, 0.6) is 0 Å². The summed E-state index contributed by atoms with van der Waals surface area (Å²) in [6.45, 7) is 5.46. The molecule has 2 aromatic rings. The van der Waals surface area contributed by atoms with Gasteiger partial charge in [0.2, 0.25) is 0 Å². The molecule has 0 unspecified atom stereocenters. The SMILES string of the molecule is CC(C)(CNCc1cccc(C(=O)O)c1)c1ccc(F)cc1. The van der Waals surface area contributed by atoms with Crippen molar-refractivity contribution < 1.29 is 14.3 Å². The Labute approximate surface area is 129 Å². The lowest BCUT2D eigenvalue weighted by molar-refractivity contribution is 0.0696. The maximum atomic E-state index is 13.0. The normalized spacial score (nSPS) is 11.4. The Morgan fingerprint density at radius 2 is 1.86 bits per heavy atom. The zero-order valence-corrected chi connectivity index (χ0v) is 12.8. The number of hydrogen-bond acceptors (Lipinski definition) is 2. The van der Waals surface area contributed by atoms with Gasteiger partial charge in [-0.3, -0.25) is 0 Å². The fourth-order valence-corrected chi connectivity index (χ4v) is 2.34. The van der Waals surface area contributed by atoms with Crippen molar-refractivity contribution in [3.8, 4) is 0 Å². The largest absolute Gasteiger partial charge is 0.478 e. The molecule has 22 heavy (non-hydrogen) atoms. The van der Waals surface area contributed by atoms with Crippen molar-refractivity contribution in [2.45, 2.75) is 25.8 Å². The van der Waals surface area contributed by atoms with Gasteiger partial charge in [0, 0.05) is 18.5 Å². The molecule has 0 atom stereocenters. The summed E-state index contributed by atoms with van der Waals surface area (Å²) in [6.07, 6.45) is 0. The Balaban J connectivity index is 1.96. The smallest absolute Gasteiger partial charge is 0.335 e. The molecule has 0 bridgehead atoms. The van der Waals surface area contributed by atoms with E-state index in [1.165, 1.54) is 12.1 Å². The van der Waals surface area contributed by atoms with Gasteiger partial charge in [-0.2, -0.15) is 0 Å². The van der Waals surface area contributed by atoms with Crippen molar-refractivity contribution in [1.29, 1.82) is 0 Å². The van der Waals surface area contributed by atoms with Gasteiger partial charge in [-0.1, -0.05) is 38.1 Å². The van der Waals surface area contributed by atoms with Crippen LogP contribution in [-0.2, 0) is 12.0 Å². The Hall–Kier alpha value is -2.20. The number of carboxylic acid groups (broad SMARTS) is 1. The van der Waals surface area contributed by atoms with E-state index in [1.807, 2.05) is 6.07 Å². The van der Waals surface area contributed by atoms with E-state index in [0.717, 1.165) is 11.1 Å². The number of carboxylic acids is 1. The molecule has 0 aliphatic rings. The third kappa shape index (κ3) is 4.15. The molecule has 2 aromatic carbocycles. The van der Waals surface area contributed by atoms with Gasteiger partial charge in [0.25, 0.3) is 0 Å². The van der Waals surface area contributed by atoms with Crippen LogP contribution in [0.15, 0.2) is 48.5 Å². The van der Waals surface area contributed by atoms with Gasteiger partial charge in [-0.05, 0) is 35.4 Å². The fourth-order valence-electron chi connectivity index (χ4n) is 2.34. The first-order valence-electron chi connectivity index (χ1n) is 7.17. The molecule has 0 aliphatic heterocycles. The lowest BCUT2D eigenvalue weighted by Gasteiger charge is -2.26. The zero-order chi connectivity index (χ0) is 16.2. The summed E-state index contributed by atoms with van der Waals surface area (Å²) in [7, 11) is 0. The molecule has 2 N–H and O–H groups in total. The third-order valence-electron chi connectivity index (χ3n) is 3.70. The number of nitrogens with one attached hydrogen (secondary N) is 1. The van der Waals surface area contributed by atoms with Crippen LogP contribution in [0, 0.1) is 5.82 Å². The molecule has 2 rings (SSSR count). The average Bonchev–Trinajstić information content (AvgIpc) is 2.48. The van der Waals surface area contributed by atoms with Crippen molar-refractivity contribution in [2.24, 2.45) is 0 Å². The Morgan fingerprint density at radius 3 is 2.50 bits per heavy atom. The number of rotatable bonds is 6. The molecule has 0 amide bonds. The minimum absolute atomic E-state index is 0.141. The predicted octanol–water partition coefficient (Wildman–Crippen LogP) is 3.59. The standard InChI is InChI=1S/C18H20FNO2/c1-18(2,15-6-8-16(19)9-7-15)12-20-11-13-4-3-5-14(10-13)17(21)22/h3-10,20H,11-12H2,1-2H3,(H,21,22). The Bertz CT molecular complexity index is 650. The summed E-state index contributed by atoms with van der Waals surface area (Å²) in [4.78, 5) is 10.9. The van der Waals surface area contributed by atoms with E-state index in [0.29, 0.717) is 13.1 Å². The van der Waals surface area contributed by atoms with Crippen LogP contribution in [0.1, 0.15) is 35.3 Å². The summed E-state index contributed by atoms with van der Waals surface area (Å²) in [6, 6.07) is 13.4. The quantitative estimate of drug-likeness (QED) is 0.857. The van der Waals surface area contributed by atoms with Crippen molar-refractivity contribution in [3.05, 3.63) is 71.0 Å². The van der Waals surface area contributed by atoms with Crippen molar-refractivity contribution >= 4 is 5.97 Å². The van der Waals surface area contributed by atoms with Crippen LogP contribution < -0.4 is 5.32 Å². The van der Waals surface area contributed by atoms with Gasteiger partial charge in [-0.15, -0.1) is 0 Å². The van der Waals surface area contributed by atoms with Gasteiger partial charge in [0.1, 0.15) is 5.82 Å². The fraction of sp³-hybridized carbons (Fsp3) is 0.278. The molecule has 4 heteroatoms. The average molecular weight is 301 g/mol. The van der Waals surface area contributed by atoms with Crippen molar-refractivity contribution in [2.75, 3.05) is 6.54 Å². The Kier molecular flexibility index (Phi) is 4.93. The summed E-state index contributed by atoms with van der Waals surface area (Å²) in [5.74, 6) is -1.16. The van der Waals surface area contributed by atoms with Crippen LogP contribution in [0.2, 0.25) is 0 Å². The minimum atomic E-state index is -0.923. The van der Waals surface area contributed by atoms with E-state index < -0.39 is 5.97 Å². The summed E-state index contributed by atoms with van der Waals surface area (Å²) < 4.78 is 13.0. The lowest BCUT2D eigenvalue weighted by atomic mass is 9.84. The zero-order valence-electron chi connectivity index (χ0n) is 12.8. The van der Waals surface area contributed by atoms with Crippen molar-refractivity contribution in [3.63, 3.8) is 0 Å². The topological polar surface area (TPSA) is 49.3 Å². The lowest BCUT2D eigenvalue weighted by Crippen LogP contribution is -2.32. The highest BCUT2D eigenvalue weighted by Gasteiger charge is 2.20. The molecule has 0 spiro atoms. The van der Waals surface area contributed by atoms with Crippen molar-refractivity contribution in [1.82, 2.24) is 5.32 Å². The molecule has 0 heterocycles. The van der Waals surface area contributed by atoms with E-state index in [-0.39, 0.29) is 16.8 Å². The number of hydrogen-bond donors (Lipinski definition) is 2. The summed E-state index contributed by atoms with van der Waals surface area (Å²) >= 11 is 0. The van der Waals surface area contributed by atoms with E-state index in [2.05, 4.69) is 19.2 Å². The van der Waals surface area contributed by atoms with E-state index >= 15 is 0 Å². The van der Waals surface area contributed by atoms with Crippen LogP contribution in [-0.4, -0.2) is 17.6 Å². The highest BCUT2D eigenvalue weighted by Crippen LogP contribution is 2.22. The number of benzene rings is 2. The highest BCUT2D eigenvalue weighted by atomic mass is 19.1. The summed E-state index contributed by atoms with van der Waals surface area (Å²) in [5, 5.41) is 12.3. The van der Waals surface area contributed by atoms with Gasteiger partial charge in [-0.25, -0.2) is 9.18 Å². The summed E-state index contributed by atoms with van der Waals surface area (Å²) in [5.41, 5.74) is 2.13. The molecule has 0 saturated carbocycles. The van der Waals surface area contributed by atoms with Crippen LogP contribution in [0.4, 0.5) is 4.39 Å². The first kappa shape index (κ1) is 16.2. The second kappa shape index (κ2) is 6.71. The maximum Gasteiger partial charge on any atom is 0.335 e. The molecule has 116 valence electrons. The Morgan fingerprint density at radius 1 is 1.18 bits per heavy atom. The second-order valence-electron chi connectivity index (χ2n) is 6.00. The molecule has 0 fully saturated rings. The second-order valence-corrected chi connectivity index (χ2v) is 6.00. The van der Waals surface area contributed by atoms with Gasteiger partial charge in [0.15, 0.2) is 0 Å². The maximum absolute atomic E-state index is 13.0. The third-order valence-corrected chi connectivity index (χ3v) is 3.70. The predicted molar refractivity (Wildman–Crippen MR) is 84.5 cm³/mol. The van der Waals surface area contributed by atoms with Gasteiger partial charge in [0.05, 0.1) is 5.56 Å². The van der Waals surface area contributed by atoms with E-state index in [1.54, 1.807) is 30.3 Å².